The minimum atomic E-state index is 0.830. The second-order valence-corrected chi connectivity index (χ2v) is 13.9. The fourth-order valence-electron chi connectivity index (χ4n) is 9.05. The Bertz CT molecular complexity index is 3060. The summed E-state index contributed by atoms with van der Waals surface area (Å²) < 4.78 is 27.6. The molecule has 4 heterocycles. The molecule has 52 heavy (non-hydrogen) atoms. The fourth-order valence-corrected chi connectivity index (χ4v) is 9.05. The van der Waals surface area contributed by atoms with Crippen LogP contribution in [0, 0.1) is 0 Å². The maximum absolute atomic E-state index is 6.89. The largest absolute Gasteiger partial charge is 0.455 e. The Morgan fingerprint density at radius 1 is 0.212 bits per heavy atom. The van der Waals surface area contributed by atoms with E-state index in [9.17, 15) is 0 Å². The van der Waals surface area contributed by atoms with Crippen LogP contribution in [0.15, 0.2) is 163 Å². The molecule has 1 aliphatic carbocycles. The normalized spacial score (nSPS) is 12.6. The zero-order valence-electron chi connectivity index (χ0n) is 27.5. The summed E-state index contributed by atoms with van der Waals surface area (Å²) in [7, 11) is 0. The summed E-state index contributed by atoms with van der Waals surface area (Å²) in [5.41, 5.74) is 14.9. The lowest BCUT2D eigenvalue weighted by molar-refractivity contribution is 0.664. The van der Waals surface area contributed by atoms with Gasteiger partial charge < -0.3 is 17.7 Å². The molecule has 4 nitrogen and oxygen atoms in total. The predicted octanol–water partition coefficient (Wildman–Crippen LogP) is 14.3. The van der Waals surface area contributed by atoms with Crippen LogP contribution in [-0.4, -0.2) is 0 Å². The van der Waals surface area contributed by atoms with Crippen LogP contribution in [-0.2, 0) is 0 Å². The average molecular weight is 665 g/mol. The number of benzene rings is 8. The van der Waals surface area contributed by atoms with E-state index in [4.69, 9.17) is 17.7 Å². The first-order valence-electron chi connectivity index (χ1n) is 17.6. The van der Waals surface area contributed by atoms with Crippen LogP contribution in [0.4, 0.5) is 0 Å². The van der Waals surface area contributed by atoms with Crippen molar-refractivity contribution < 1.29 is 17.7 Å². The quantitative estimate of drug-likeness (QED) is 0.162. The van der Waals surface area contributed by atoms with Gasteiger partial charge in [-0.1, -0.05) is 97.1 Å². The zero-order valence-corrected chi connectivity index (χ0v) is 27.5. The van der Waals surface area contributed by atoms with Gasteiger partial charge in [-0.3, -0.25) is 0 Å². The first-order chi connectivity index (χ1) is 25.8. The maximum Gasteiger partial charge on any atom is 0.144 e. The Hall–Kier alpha value is -7.04. The van der Waals surface area contributed by atoms with E-state index >= 15 is 0 Å². The lowest BCUT2D eigenvalue weighted by Gasteiger charge is -2.23. The molecule has 4 heteroatoms. The Balaban J connectivity index is 1.32. The summed E-state index contributed by atoms with van der Waals surface area (Å²) in [6.45, 7) is 0. The van der Waals surface area contributed by atoms with Crippen molar-refractivity contribution in [1.82, 2.24) is 0 Å². The molecule has 0 N–H and O–H groups in total. The first kappa shape index (κ1) is 26.8. The Morgan fingerprint density at radius 2 is 0.442 bits per heavy atom. The molecule has 0 spiro atoms. The van der Waals surface area contributed by atoms with Crippen molar-refractivity contribution in [3.8, 4) is 44.5 Å². The molecule has 0 saturated heterocycles. The van der Waals surface area contributed by atoms with Gasteiger partial charge in [0.2, 0.25) is 0 Å². The number of para-hydroxylation sites is 4. The third kappa shape index (κ3) is 3.23. The highest BCUT2D eigenvalue weighted by atomic mass is 16.3. The zero-order chi connectivity index (χ0) is 33.7. The van der Waals surface area contributed by atoms with E-state index in [1.807, 2.05) is 48.5 Å². The first-order valence-corrected chi connectivity index (χ1v) is 17.6. The highest BCUT2D eigenvalue weighted by Crippen LogP contribution is 2.57. The topological polar surface area (TPSA) is 52.6 Å². The molecule has 0 bridgehead atoms. The van der Waals surface area contributed by atoms with Gasteiger partial charge in [-0.2, -0.15) is 0 Å². The second kappa shape index (κ2) is 9.39. The van der Waals surface area contributed by atoms with Gasteiger partial charge in [0.15, 0.2) is 0 Å². The average Bonchev–Trinajstić information content (AvgIpc) is 3.96. The van der Waals surface area contributed by atoms with Crippen molar-refractivity contribution in [3.05, 3.63) is 146 Å². The Kier molecular flexibility index (Phi) is 4.83. The van der Waals surface area contributed by atoms with Crippen molar-refractivity contribution in [3.63, 3.8) is 0 Å². The monoisotopic (exact) mass is 664 g/mol. The van der Waals surface area contributed by atoms with Crippen molar-refractivity contribution >= 4 is 87.8 Å². The second-order valence-electron chi connectivity index (χ2n) is 13.9. The van der Waals surface area contributed by atoms with E-state index in [-0.39, 0.29) is 0 Å². The molecule has 0 fully saturated rings. The van der Waals surface area contributed by atoms with Gasteiger partial charge in [0.25, 0.3) is 0 Å². The lowest BCUT2D eigenvalue weighted by Crippen LogP contribution is -1.99. The smallest absolute Gasteiger partial charge is 0.144 e. The van der Waals surface area contributed by atoms with E-state index in [1.54, 1.807) is 0 Å². The maximum atomic E-state index is 6.89. The number of fused-ring (bicyclic) bond motifs is 24. The van der Waals surface area contributed by atoms with Gasteiger partial charge in [-0.15, -0.1) is 0 Å². The molecule has 13 rings (SSSR count). The van der Waals surface area contributed by atoms with Crippen LogP contribution >= 0.6 is 0 Å². The highest BCUT2D eigenvalue weighted by molar-refractivity contribution is 6.26. The van der Waals surface area contributed by atoms with Gasteiger partial charge in [-0.05, 0) is 70.8 Å². The van der Waals surface area contributed by atoms with Crippen LogP contribution in [0.25, 0.3) is 132 Å². The number of rotatable bonds is 0. The molecule has 0 aliphatic heterocycles. The lowest BCUT2D eigenvalue weighted by atomic mass is 9.78. The van der Waals surface area contributed by atoms with E-state index < -0.39 is 0 Å². The van der Waals surface area contributed by atoms with E-state index in [2.05, 4.69) is 97.1 Å². The molecule has 0 saturated carbocycles. The Labute approximate surface area is 294 Å². The summed E-state index contributed by atoms with van der Waals surface area (Å²) in [5.74, 6) is 0. The van der Waals surface area contributed by atoms with Gasteiger partial charge in [0.1, 0.15) is 44.7 Å². The summed E-state index contributed by atoms with van der Waals surface area (Å²) in [6.07, 6.45) is 0. The molecule has 0 radical (unpaired) electrons. The fraction of sp³-hybridized carbons (Fsp3) is 0. The van der Waals surface area contributed by atoms with E-state index in [0.29, 0.717) is 0 Å². The predicted molar refractivity (Wildman–Crippen MR) is 211 cm³/mol. The van der Waals surface area contributed by atoms with Gasteiger partial charge in [0.05, 0.1) is 0 Å². The van der Waals surface area contributed by atoms with Crippen LogP contribution in [0.3, 0.4) is 0 Å². The molecule has 12 aromatic rings. The van der Waals surface area contributed by atoms with Crippen molar-refractivity contribution in [2.24, 2.45) is 0 Å². The minimum absolute atomic E-state index is 0.830. The molecule has 240 valence electrons. The molecule has 4 aromatic heterocycles. The van der Waals surface area contributed by atoms with Gasteiger partial charge in [0, 0.05) is 65.3 Å². The molecule has 8 aromatic carbocycles. The standard InChI is InChI=1S/C48H24O4/c1-5-13-37-25(9-1)33-21-17-29-30-18-22-35-27-11-3-7-15-39(27)51-47(35)43(30)44-32(20-24-36-28-12-4-8-16-40(28)52-48(36)44)31-19-23-34-26-10-2-6-14-38(26)50-46(34)42(31)41(29)45(33)49-37/h1-24H. The summed E-state index contributed by atoms with van der Waals surface area (Å²) >= 11 is 0. The van der Waals surface area contributed by atoms with Gasteiger partial charge in [-0.25, -0.2) is 0 Å². The minimum Gasteiger partial charge on any atom is -0.455 e. The summed E-state index contributed by atoms with van der Waals surface area (Å²) in [4.78, 5) is 0. The van der Waals surface area contributed by atoms with Crippen molar-refractivity contribution in [2.45, 2.75) is 0 Å². The van der Waals surface area contributed by atoms with Gasteiger partial charge >= 0.3 is 0 Å². The number of hydrogen-bond donors (Lipinski definition) is 0. The highest BCUT2D eigenvalue weighted by Gasteiger charge is 2.33. The summed E-state index contributed by atoms with van der Waals surface area (Å²) in [5, 5.41) is 8.58. The van der Waals surface area contributed by atoms with Crippen molar-refractivity contribution in [1.29, 1.82) is 0 Å². The summed E-state index contributed by atoms with van der Waals surface area (Å²) in [6, 6.07) is 51.0. The van der Waals surface area contributed by atoms with Crippen LogP contribution in [0.5, 0.6) is 0 Å². The van der Waals surface area contributed by atoms with Crippen LogP contribution in [0.2, 0.25) is 0 Å². The number of furan rings is 4. The molecule has 0 amide bonds. The molecule has 0 unspecified atom stereocenters. The Morgan fingerprint density at radius 3 is 0.692 bits per heavy atom. The van der Waals surface area contributed by atoms with E-state index in [0.717, 1.165) is 132 Å². The van der Waals surface area contributed by atoms with Crippen LogP contribution in [0.1, 0.15) is 0 Å². The number of hydrogen-bond acceptors (Lipinski definition) is 4. The molecule has 1 aliphatic rings. The van der Waals surface area contributed by atoms with E-state index in [1.165, 1.54) is 0 Å². The molecule has 0 atom stereocenters. The van der Waals surface area contributed by atoms with Crippen molar-refractivity contribution in [2.75, 3.05) is 0 Å². The molecular weight excluding hydrogens is 641 g/mol. The SMILES string of the molecule is c1ccc2c(c1)oc1c3c(ccc12)-c1ccc2c(oc4ccccc42)c1-c1c(ccc2c1oc1ccccc12)-c1ccc2c(oc4ccccc42)c1-3. The molecular formula is C48H24O4. The third-order valence-corrected chi connectivity index (χ3v) is 11.3. The van der Waals surface area contributed by atoms with Crippen LogP contribution < -0.4 is 0 Å². The third-order valence-electron chi connectivity index (χ3n) is 11.3.